The maximum Gasteiger partial charge on any atom is 0.326 e. The molecule has 12 nitrogen and oxygen atoms in total. The number of carbonyl (C=O) groups excluding carboxylic acids is 3. The molecule has 12 heteroatoms. The van der Waals surface area contributed by atoms with E-state index in [1.54, 1.807) is 0 Å². The van der Waals surface area contributed by atoms with Crippen LogP contribution in [0.2, 0.25) is 0 Å². The van der Waals surface area contributed by atoms with E-state index < -0.39 is 60.6 Å². The van der Waals surface area contributed by atoms with E-state index in [2.05, 4.69) is 16.0 Å². The smallest absolute Gasteiger partial charge is 0.326 e. The third-order valence-corrected chi connectivity index (χ3v) is 4.50. The summed E-state index contributed by atoms with van der Waals surface area (Å²) in [7, 11) is 0. The van der Waals surface area contributed by atoms with Gasteiger partial charge in [-0.3, -0.25) is 14.4 Å². The minimum Gasteiger partial charge on any atom is -0.480 e. The van der Waals surface area contributed by atoms with E-state index in [9.17, 15) is 29.4 Å². The molecule has 0 bridgehead atoms. The number of hydrogen-bond acceptors (Lipinski definition) is 8. The summed E-state index contributed by atoms with van der Waals surface area (Å²) < 4.78 is 0. The highest BCUT2D eigenvalue weighted by Gasteiger charge is 2.32. The number of nitrogens with two attached hydrogens (primary N) is 2. The number of aliphatic hydroxyl groups excluding tert-OH is 2. The Morgan fingerprint density at radius 1 is 0.903 bits per heavy atom. The highest BCUT2D eigenvalue weighted by Crippen LogP contribution is 2.07. The molecular weight excluding hydrogens is 410 g/mol. The Morgan fingerprint density at radius 3 is 1.94 bits per heavy atom. The van der Waals surface area contributed by atoms with Gasteiger partial charge in [0.2, 0.25) is 17.7 Å². The van der Waals surface area contributed by atoms with Crippen LogP contribution in [0.1, 0.15) is 46.5 Å². The first-order valence-electron chi connectivity index (χ1n) is 10.3. The second-order valence-electron chi connectivity index (χ2n) is 7.89. The molecule has 31 heavy (non-hydrogen) atoms. The lowest BCUT2D eigenvalue weighted by atomic mass is 10.0. The summed E-state index contributed by atoms with van der Waals surface area (Å²) in [5.74, 6) is -3.62. The van der Waals surface area contributed by atoms with E-state index in [0.29, 0.717) is 19.4 Å². The topological polar surface area (TPSA) is 217 Å². The molecule has 0 fully saturated rings. The van der Waals surface area contributed by atoms with E-state index in [1.165, 1.54) is 6.92 Å². The molecule has 5 unspecified atom stereocenters. The lowest BCUT2D eigenvalue weighted by Crippen LogP contribution is -2.60. The monoisotopic (exact) mass is 447 g/mol. The van der Waals surface area contributed by atoms with Gasteiger partial charge in [0.05, 0.1) is 12.7 Å². The number of carboxylic acids is 1. The lowest BCUT2D eigenvalue weighted by molar-refractivity contribution is -0.143. The summed E-state index contributed by atoms with van der Waals surface area (Å²) in [5.41, 5.74) is 10.9. The number of rotatable bonds is 15. The Kier molecular flexibility index (Phi) is 13.6. The quantitative estimate of drug-likeness (QED) is 0.123. The number of carbonyl (C=O) groups is 4. The van der Waals surface area contributed by atoms with Crippen LogP contribution in [0, 0.1) is 5.92 Å². The summed E-state index contributed by atoms with van der Waals surface area (Å²) in [6.45, 7) is 4.68. The Hall–Kier alpha value is -2.28. The summed E-state index contributed by atoms with van der Waals surface area (Å²) in [4.78, 5) is 48.7. The van der Waals surface area contributed by atoms with Crippen LogP contribution in [0.15, 0.2) is 0 Å². The van der Waals surface area contributed by atoms with Gasteiger partial charge in [-0.2, -0.15) is 0 Å². The zero-order chi connectivity index (χ0) is 24.1. The van der Waals surface area contributed by atoms with Crippen LogP contribution in [0.3, 0.4) is 0 Å². The number of hydrogen-bond donors (Lipinski definition) is 8. The van der Waals surface area contributed by atoms with Gasteiger partial charge >= 0.3 is 5.97 Å². The second-order valence-corrected chi connectivity index (χ2v) is 7.89. The van der Waals surface area contributed by atoms with Crippen molar-refractivity contribution in [2.24, 2.45) is 17.4 Å². The van der Waals surface area contributed by atoms with Crippen molar-refractivity contribution < 1.29 is 34.5 Å². The first-order valence-corrected chi connectivity index (χ1v) is 10.3. The normalized spacial score (nSPS) is 16.0. The molecule has 0 heterocycles. The number of aliphatic carboxylic acids is 1. The van der Waals surface area contributed by atoms with Crippen LogP contribution in [0.5, 0.6) is 0 Å². The van der Waals surface area contributed by atoms with Crippen molar-refractivity contribution in [3.63, 3.8) is 0 Å². The third-order valence-electron chi connectivity index (χ3n) is 4.50. The highest BCUT2D eigenvalue weighted by atomic mass is 16.4. The van der Waals surface area contributed by atoms with Gasteiger partial charge in [0.15, 0.2) is 0 Å². The molecule has 0 aliphatic carbocycles. The number of amides is 3. The van der Waals surface area contributed by atoms with Crippen molar-refractivity contribution in [2.75, 3.05) is 13.2 Å². The van der Waals surface area contributed by atoms with Crippen molar-refractivity contribution >= 4 is 23.7 Å². The first-order chi connectivity index (χ1) is 14.4. The van der Waals surface area contributed by atoms with Gasteiger partial charge in [-0.05, 0) is 45.1 Å². The van der Waals surface area contributed by atoms with Crippen LogP contribution in [0.4, 0.5) is 0 Å². The fourth-order valence-corrected chi connectivity index (χ4v) is 2.74. The predicted molar refractivity (Wildman–Crippen MR) is 113 cm³/mol. The van der Waals surface area contributed by atoms with E-state index in [4.69, 9.17) is 16.6 Å². The van der Waals surface area contributed by atoms with Crippen molar-refractivity contribution in [3.8, 4) is 0 Å². The number of nitrogens with one attached hydrogen (secondary N) is 3. The fraction of sp³-hybridized carbons (Fsp3) is 0.789. The van der Waals surface area contributed by atoms with Crippen molar-refractivity contribution in [1.29, 1.82) is 0 Å². The number of unbranched alkanes of at least 4 members (excludes halogenated alkanes) is 1. The minimum absolute atomic E-state index is 0.0147. The van der Waals surface area contributed by atoms with Gasteiger partial charge in [0, 0.05) is 0 Å². The molecule has 180 valence electrons. The van der Waals surface area contributed by atoms with Gasteiger partial charge in [0.1, 0.15) is 24.2 Å². The van der Waals surface area contributed by atoms with Crippen molar-refractivity contribution in [1.82, 2.24) is 16.0 Å². The molecule has 0 aromatic heterocycles. The van der Waals surface area contributed by atoms with Gasteiger partial charge < -0.3 is 42.7 Å². The molecular formula is C19H37N5O7. The molecule has 0 rings (SSSR count). The van der Waals surface area contributed by atoms with Gasteiger partial charge in [-0.1, -0.05) is 13.8 Å². The standard InChI is InChI=1S/C19H37N5O7/c1-10(2)8-14(23-16(27)12(21)9-25)17(28)24-15(11(3)26)18(29)22-13(19(30)31)6-4-5-7-20/h10-15,25-26H,4-9,20-21H2,1-3H3,(H,22,29)(H,23,27)(H,24,28)(H,30,31). The first kappa shape index (κ1) is 28.7. The maximum absolute atomic E-state index is 12.7. The molecule has 0 aromatic rings. The number of carboxylic acid groups (broad SMARTS) is 1. The van der Waals surface area contributed by atoms with E-state index in [1.807, 2.05) is 13.8 Å². The zero-order valence-corrected chi connectivity index (χ0v) is 18.3. The van der Waals surface area contributed by atoms with Crippen LogP contribution in [0.25, 0.3) is 0 Å². The molecule has 3 amide bonds. The summed E-state index contributed by atoms with van der Waals surface area (Å²) in [6, 6.07) is -4.94. The Labute approximate surface area is 182 Å². The van der Waals surface area contributed by atoms with Crippen LogP contribution >= 0.6 is 0 Å². The maximum atomic E-state index is 12.7. The minimum atomic E-state index is -1.44. The van der Waals surface area contributed by atoms with Crippen LogP contribution in [-0.4, -0.2) is 82.4 Å². The summed E-state index contributed by atoms with van der Waals surface area (Å²) in [5, 5.41) is 35.4. The summed E-state index contributed by atoms with van der Waals surface area (Å²) >= 11 is 0. The average molecular weight is 448 g/mol. The SMILES string of the molecule is CC(C)CC(NC(=O)C(N)CO)C(=O)NC(C(=O)NC(CCCCN)C(=O)O)C(C)O. The van der Waals surface area contributed by atoms with E-state index in [0.717, 1.165) is 0 Å². The molecule has 0 radical (unpaired) electrons. The van der Waals surface area contributed by atoms with E-state index >= 15 is 0 Å². The molecule has 0 aliphatic rings. The zero-order valence-electron chi connectivity index (χ0n) is 18.3. The molecule has 0 spiro atoms. The van der Waals surface area contributed by atoms with Crippen molar-refractivity contribution in [2.45, 2.75) is 76.7 Å². The lowest BCUT2D eigenvalue weighted by Gasteiger charge is -2.27. The van der Waals surface area contributed by atoms with Gasteiger partial charge in [-0.15, -0.1) is 0 Å². The average Bonchev–Trinajstić information content (AvgIpc) is 2.68. The van der Waals surface area contributed by atoms with Crippen LogP contribution < -0.4 is 27.4 Å². The fourth-order valence-electron chi connectivity index (χ4n) is 2.74. The highest BCUT2D eigenvalue weighted by molar-refractivity contribution is 5.94. The molecule has 0 aromatic carbocycles. The Morgan fingerprint density at radius 2 is 1.48 bits per heavy atom. The Balaban J connectivity index is 5.31. The second kappa shape index (κ2) is 14.7. The van der Waals surface area contributed by atoms with E-state index in [-0.39, 0.29) is 18.8 Å². The molecule has 5 atom stereocenters. The molecule has 10 N–H and O–H groups in total. The van der Waals surface area contributed by atoms with Crippen molar-refractivity contribution in [3.05, 3.63) is 0 Å². The molecule has 0 saturated carbocycles. The molecule has 0 saturated heterocycles. The number of aliphatic hydroxyl groups is 2. The van der Waals surface area contributed by atoms with Gasteiger partial charge in [-0.25, -0.2) is 4.79 Å². The largest absolute Gasteiger partial charge is 0.480 e. The molecule has 0 aliphatic heterocycles. The van der Waals surface area contributed by atoms with Crippen LogP contribution in [-0.2, 0) is 19.2 Å². The predicted octanol–water partition coefficient (Wildman–Crippen LogP) is -2.60. The third kappa shape index (κ3) is 11.1. The summed E-state index contributed by atoms with van der Waals surface area (Å²) in [6.07, 6.45) is 0.0814. The van der Waals surface area contributed by atoms with Gasteiger partial charge in [0.25, 0.3) is 0 Å². The Bertz CT molecular complexity index is 600.